The van der Waals surface area contributed by atoms with Crippen molar-refractivity contribution in [1.82, 2.24) is 14.5 Å². The number of rotatable bonds is 13. The van der Waals surface area contributed by atoms with E-state index in [1.54, 1.807) is 26.1 Å². The third-order valence-corrected chi connectivity index (χ3v) is 7.95. The highest BCUT2D eigenvalue weighted by Crippen LogP contribution is 2.42. The first-order valence-corrected chi connectivity index (χ1v) is 14.0. The fourth-order valence-electron chi connectivity index (χ4n) is 5.46. The molecule has 1 amide bonds. The molecule has 1 unspecified atom stereocenters. The fourth-order valence-corrected chi connectivity index (χ4v) is 5.46. The number of nitrogens with one attached hydrogen (secondary N) is 1. The minimum Gasteiger partial charge on any atom is -0.464 e. The molecule has 1 heterocycles. The van der Waals surface area contributed by atoms with Crippen molar-refractivity contribution < 1.29 is 14.3 Å². The van der Waals surface area contributed by atoms with Crippen LogP contribution in [-0.2, 0) is 34.8 Å². The van der Waals surface area contributed by atoms with Gasteiger partial charge in [0.25, 0.3) is 5.56 Å². The molecule has 11 nitrogen and oxygen atoms in total. The van der Waals surface area contributed by atoms with Gasteiger partial charge in [-0.05, 0) is 55.7 Å². The van der Waals surface area contributed by atoms with Gasteiger partial charge in [0.05, 0.1) is 12.2 Å². The lowest BCUT2D eigenvalue weighted by Gasteiger charge is -2.30. The molecule has 216 valence electrons. The average Bonchev–Trinajstić information content (AvgIpc) is 3.44. The molecule has 1 aromatic carbocycles. The molecule has 1 fully saturated rings. The molecule has 0 bridgehead atoms. The maximum Gasteiger partial charge on any atom is 0.330 e. The molecule has 0 saturated heterocycles. The number of carbonyl (C=O) groups excluding carboxylic acids is 2. The summed E-state index contributed by atoms with van der Waals surface area (Å²) in [5.41, 5.74) is 9.68. The molecule has 1 aromatic heterocycles. The van der Waals surface area contributed by atoms with Crippen molar-refractivity contribution >= 4 is 11.9 Å². The summed E-state index contributed by atoms with van der Waals surface area (Å²) in [4.78, 5) is 54.5. The van der Waals surface area contributed by atoms with Gasteiger partial charge >= 0.3 is 11.7 Å². The summed E-state index contributed by atoms with van der Waals surface area (Å²) in [6, 6.07) is 6.39. The van der Waals surface area contributed by atoms with E-state index < -0.39 is 17.4 Å². The molecule has 0 spiro atoms. The average molecular weight is 553 g/mol. The van der Waals surface area contributed by atoms with Crippen molar-refractivity contribution in [2.24, 2.45) is 24.6 Å². The van der Waals surface area contributed by atoms with E-state index in [0.29, 0.717) is 42.6 Å². The zero-order valence-electron chi connectivity index (χ0n) is 23.9. The van der Waals surface area contributed by atoms with Crippen molar-refractivity contribution in [2.45, 2.75) is 77.7 Å². The summed E-state index contributed by atoms with van der Waals surface area (Å²) in [5, 5.41) is 6.59. The van der Waals surface area contributed by atoms with Crippen LogP contribution in [0.2, 0.25) is 0 Å². The van der Waals surface area contributed by atoms with Gasteiger partial charge in [0, 0.05) is 43.1 Å². The molecule has 40 heavy (non-hydrogen) atoms. The topological polar surface area (TPSA) is 148 Å². The van der Waals surface area contributed by atoms with Crippen LogP contribution < -0.4 is 16.6 Å². The van der Waals surface area contributed by atoms with Gasteiger partial charge in [-0.15, -0.1) is 0 Å². The number of hydrogen-bond donors (Lipinski definition) is 1. The maximum absolute atomic E-state index is 13.6. The van der Waals surface area contributed by atoms with E-state index in [1.807, 2.05) is 19.1 Å². The first kappa shape index (κ1) is 30.7. The molecular weight excluding hydrogens is 512 g/mol. The zero-order chi connectivity index (χ0) is 29.3. The van der Waals surface area contributed by atoms with Gasteiger partial charge in [-0.1, -0.05) is 55.6 Å². The van der Waals surface area contributed by atoms with Crippen LogP contribution in [0.25, 0.3) is 21.6 Å². The largest absolute Gasteiger partial charge is 0.464 e. The summed E-state index contributed by atoms with van der Waals surface area (Å²) >= 11 is 0. The molecule has 11 heteroatoms. The maximum atomic E-state index is 13.6. The third kappa shape index (κ3) is 7.01. The summed E-state index contributed by atoms with van der Waals surface area (Å²) in [6.45, 7) is 4.32. The third-order valence-electron chi connectivity index (χ3n) is 7.95. The number of nitrogens with zero attached hydrogens (tertiary/aromatic N) is 5. The highest BCUT2D eigenvalue weighted by molar-refractivity contribution is 5.88. The van der Waals surface area contributed by atoms with Crippen LogP contribution in [-0.4, -0.2) is 40.2 Å². The SMILES string of the molecule is CCCOC(=O)C(Cc1ccc(-c2c(C)n(C)c(=O)n(C)c2=O)cc1)NC(=O)C1(CCCCN=[N+]=[N-])CCCC1. The van der Waals surface area contributed by atoms with Crippen LogP contribution in [0.3, 0.4) is 0 Å². The van der Waals surface area contributed by atoms with Gasteiger partial charge in [0.15, 0.2) is 0 Å². The summed E-state index contributed by atoms with van der Waals surface area (Å²) in [5.74, 6) is -0.605. The van der Waals surface area contributed by atoms with E-state index in [4.69, 9.17) is 10.3 Å². The smallest absolute Gasteiger partial charge is 0.330 e. The fraction of sp³-hybridized carbons (Fsp3) is 0.586. The summed E-state index contributed by atoms with van der Waals surface area (Å²) < 4.78 is 7.96. The van der Waals surface area contributed by atoms with Crippen molar-refractivity contribution in [3.63, 3.8) is 0 Å². The van der Waals surface area contributed by atoms with Crippen LogP contribution in [0, 0.1) is 12.3 Å². The Morgan fingerprint density at radius 1 is 1.12 bits per heavy atom. The normalized spacial score (nSPS) is 14.8. The van der Waals surface area contributed by atoms with Gasteiger partial charge in [0.1, 0.15) is 6.04 Å². The van der Waals surface area contributed by atoms with E-state index in [0.717, 1.165) is 42.2 Å². The van der Waals surface area contributed by atoms with Crippen molar-refractivity contribution in [3.05, 3.63) is 66.8 Å². The van der Waals surface area contributed by atoms with Crippen LogP contribution in [0.15, 0.2) is 39.0 Å². The van der Waals surface area contributed by atoms with Crippen LogP contribution in [0.1, 0.15) is 69.5 Å². The number of amides is 1. The molecule has 3 rings (SSSR count). The van der Waals surface area contributed by atoms with Gasteiger partial charge in [-0.3, -0.25) is 14.2 Å². The van der Waals surface area contributed by atoms with Crippen LogP contribution in [0.4, 0.5) is 0 Å². The minimum atomic E-state index is -0.849. The molecule has 1 aliphatic rings. The number of unbranched alkanes of at least 4 members (excludes halogenated alkanes) is 1. The lowest BCUT2D eigenvalue weighted by Crippen LogP contribution is -2.49. The lowest BCUT2D eigenvalue weighted by atomic mass is 9.79. The number of benzene rings is 1. The molecule has 1 aliphatic carbocycles. The Hall–Kier alpha value is -3.85. The first-order chi connectivity index (χ1) is 19.1. The minimum absolute atomic E-state index is 0.131. The lowest BCUT2D eigenvalue weighted by molar-refractivity contribution is -0.149. The number of carbonyl (C=O) groups is 2. The number of azide groups is 1. The van der Waals surface area contributed by atoms with Gasteiger partial charge in [0.2, 0.25) is 5.91 Å². The second-order valence-corrected chi connectivity index (χ2v) is 10.7. The van der Waals surface area contributed by atoms with E-state index >= 15 is 0 Å². The Morgan fingerprint density at radius 2 is 1.80 bits per heavy atom. The molecule has 0 radical (unpaired) electrons. The van der Waals surface area contributed by atoms with Crippen molar-refractivity contribution in [1.29, 1.82) is 0 Å². The highest BCUT2D eigenvalue weighted by Gasteiger charge is 2.42. The molecular formula is C29H40N6O5. The molecule has 1 N–H and O–H groups in total. The monoisotopic (exact) mass is 552 g/mol. The van der Waals surface area contributed by atoms with Crippen molar-refractivity contribution in [2.75, 3.05) is 13.2 Å². The van der Waals surface area contributed by atoms with Crippen LogP contribution in [0.5, 0.6) is 0 Å². The Balaban J connectivity index is 1.81. The van der Waals surface area contributed by atoms with E-state index in [9.17, 15) is 19.2 Å². The van der Waals surface area contributed by atoms with Gasteiger partial charge in [-0.2, -0.15) is 0 Å². The summed E-state index contributed by atoms with van der Waals surface area (Å²) in [7, 11) is 3.08. The van der Waals surface area contributed by atoms with E-state index in [2.05, 4.69) is 15.3 Å². The zero-order valence-corrected chi connectivity index (χ0v) is 23.9. The molecule has 2 aromatic rings. The Morgan fingerprint density at radius 3 is 2.42 bits per heavy atom. The Bertz CT molecular complexity index is 1370. The Labute approximate surface area is 234 Å². The number of esters is 1. The molecule has 0 aliphatic heterocycles. The van der Waals surface area contributed by atoms with Gasteiger partial charge in [-0.25, -0.2) is 9.59 Å². The second kappa shape index (κ2) is 14.0. The first-order valence-electron chi connectivity index (χ1n) is 14.0. The number of aromatic nitrogens is 2. The highest BCUT2D eigenvalue weighted by atomic mass is 16.5. The Kier molecular flexibility index (Phi) is 10.7. The number of ether oxygens (including phenoxy) is 1. The summed E-state index contributed by atoms with van der Waals surface area (Å²) in [6.07, 6.45) is 6.52. The predicted octanol–water partition coefficient (Wildman–Crippen LogP) is 4.08. The second-order valence-electron chi connectivity index (χ2n) is 10.7. The van der Waals surface area contributed by atoms with Crippen molar-refractivity contribution in [3.8, 4) is 11.1 Å². The van der Waals surface area contributed by atoms with Gasteiger partial charge < -0.3 is 14.6 Å². The standard InChI is InChI=1S/C29H40N6O5/c1-5-18-40-26(37)23(32-27(38)29(14-6-7-15-29)16-8-9-17-31-33-30)19-21-10-12-22(13-11-21)24-20(2)34(3)28(39)35(4)25(24)36/h10-13,23H,5-9,14-19H2,1-4H3,(H,32,38). The van der Waals surface area contributed by atoms with E-state index in [-0.39, 0.29) is 30.2 Å². The quantitative estimate of drug-likeness (QED) is 0.131. The predicted molar refractivity (Wildman–Crippen MR) is 153 cm³/mol. The number of hydrogen-bond acceptors (Lipinski definition) is 6. The van der Waals surface area contributed by atoms with Crippen LogP contribution >= 0.6 is 0 Å². The molecule has 1 saturated carbocycles. The molecule has 1 atom stereocenters. The van der Waals surface area contributed by atoms with E-state index in [1.165, 1.54) is 11.6 Å².